The average molecular weight is 417 g/mol. The van der Waals surface area contributed by atoms with Gasteiger partial charge in [-0.15, -0.1) is 15.3 Å². The summed E-state index contributed by atoms with van der Waals surface area (Å²) in [6.07, 6.45) is 1.84. The highest BCUT2D eigenvalue weighted by molar-refractivity contribution is 7.99. The number of thioether (sulfide) groups is 1. The first-order chi connectivity index (χ1) is 14.0. The highest BCUT2D eigenvalue weighted by Gasteiger charge is 2.20. The first-order valence-electron chi connectivity index (χ1n) is 9.22. The molecule has 0 spiro atoms. The minimum atomic E-state index is -0.120. The van der Waals surface area contributed by atoms with Crippen LogP contribution in [0, 0.1) is 0 Å². The number of hydrogen-bond acceptors (Lipinski definition) is 7. The predicted octanol–water partition coefficient (Wildman–Crippen LogP) is 2.84. The molecule has 2 aromatic heterocycles. The summed E-state index contributed by atoms with van der Waals surface area (Å²) >= 11 is 1.33. The van der Waals surface area contributed by atoms with E-state index in [0.717, 1.165) is 17.0 Å². The number of carbonyl (C=O) groups excluding carboxylic acids is 1. The number of methoxy groups -OCH3 is 1. The van der Waals surface area contributed by atoms with Gasteiger partial charge in [0.2, 0.25) is 11.8 Å². The minimum absolute atomic E-state index is 0.120. The number of carbonyl (C=O) groups is 1. The second kappa shape index (κ2) is 9.46. The van der Waals surface area contributed by atoms with Crippen molar-refractivity contribution >= 4 is 23.4 Å². The molecule has 0 atom stereocenters. The molecule has 0 fully saturated rings. The Labute approximate surface area is 173 Å². The van der Waals surface area contributed by atoms with Gasteiger partial charge in [-0.05, 0) is 38.1 Å². The van der Waals surface area contributed by atoms with Crippen LogP contribution < -0.4 is 14.8 Å². The Hall–Kier alpha value is -3.01. The molecule has 29 heavy (non-hydrogen) atoms. The van der Waals surface area contributed by atoms with E-state index in [1.807, 2.05) is 55.9 Å². The van der Waals surface area contributed by atoms with E-state index in [2.05, 4.69) is 20.6 Å². The molecule has 154 valence electrons. The normalized spacial score (nSPS) is 10.8. The summed E-state index contributed by atoms with van der Waals surface area (Å²) in [5.41, 5.74) is 1.48. The molecule has 3 aromatic rings. The fraction of sp³-hybridized carbons (Fsp3) is 0.368. The fourth-order valence-corrected chi connectivity index (χ4v) is 3.58. The van der Waals surface area contributed by atoms with Gasteiger partial charge in [-0.3, -0.25) is 9.48 Å². The highest BCUT2D eigenvalue weighted by Crippen LogP contribution is 2.30. The molecule has 0 aliphatic heterocycles. The van der Waals surface area contributed by atoms with Crippen LogP contribution in [0.3, 0.4) is 0 Å². The summed E-state index contributed by atoms with van der Waals surface area (Å²) in [6, 6.07) is 7.28. The first-order valence-corrected chi connectivity index (χ1v) is 10.2. The van der Waals surface area contributed by atoms with Gasteiger partial charge in [0.1, 0.15) is 11.3 Å². The third-order valence-corrected chi connectivity index (χ3v) is 5.01. The predicted molar refractivity (Wildman–Crippen MR) is 111 cm³/mol. The topological polar surface area (TPSA) is 96.1 Å². The fourth-order valence-electron chi connectivity index (χ4n) is 2.78. The molecule has 1 amide bonds. The Bertz CT molecular complexity index is 967. The van der Waals surface area contributed by atoms with Crippen molar-refractivity contribution in [1.29, 1.82) is 0 Å². The summed E-state index contributed by atoms with van der Waals surface area (Å²) in [5.74, 6) is 2.01. The van der Waals surface area contributed by atoms with Crippen molar-refractivity contribution in [3.8, 4) is 23.0 Å². The van der Waals surface area contributed by atoms with E-state index >= 15 is 0 Å². The lowest BCUT2D eigenvalue weighted by Crippen LogP contribution is -2.14. The van der Waals surface area contributed by atoms with Gasteiger partial charge in [-0.1, -0.05) is 11.8 Å². The Morgan fingerprint density at radius 2 is 1.97 bits per heavy atom. The SMILES string of the molecule is CCOc1ccc(NC(=O)CSc2nnc(-c3cn(C)nc3OC)n2CC)cc1. The molecule has 0 radical (unpaired) electrons. The molecule has 0 saturated carbocycles. The largest absolute Gasteiger partial charge is 0.494 e. The lowest BCUT2D eigenvalue weighted by atomic mass is 10.3. The van der Waals surface area contributed by atoms with Crippen LogP contribution in [-0.2, 0) is 18.4 Å². The third kappa shape index (κ3) is 4.89. The molecule has 3 rings (SSSR count). The van der Waals surface area contributed by atoms with Crippen LogP contribution in [0.4, 0.5) is 5.69 Å². The Morgan fingerprint density at radius 1 is 1.21 bits per heavy atom. The van der Waals surface area contributed by atoms with Gasteiger partial charge < -0.3 is 19.4 Å². The lowest BCUT2D eigenvalue weighted by Gasteiger charge is -2.08. The summed E-state index contributed by atoms with van der Waals surface area (Å²) in [4.78, 5) is 12.3. The van der Waals surface area contributed by atoms with E-state index in [9.17, 15) is 4.79 Å². The average Bonchev–Trinajstić information content (AvgIpc) is 3.30. The molecule has 2 heterocycles. The number of nitrogens with one attached hydrogen (secondary N) is 1. The number of anilines is 1. The quantitative estimate of drug-likeness (QED) is 0.536. The van der Waals surface area contributed by atoms with Crippen molar-refractivity contribution in [2.24, 2.45) is 7.05 Å². The van der Waals surface area contributed by atoms with Gasteiger partial charge in [0.05, 0.1) is 19.5 Å². The number of hydrogen-bond donors (Lipinski definition) is 1. The van der Waals surface area contributed by atoms with Gasteiger partial charge in [-0.25, -0.2) is 0 Å². The lowest BCUT2D eigenvalue weighted by molar-refractivity contribution is -0.113. The smallest absolute Gasteiger partial charge is 0.243 e. The molecule has 9 nitrogen and oxygen atoms in total. The van der Waals surface area contributed by atoms with E-state index in [1.54, 1.807) is 11.8 Å². The molecule has 0 aliphatic carbocycles. The number of aromatic nitrogens is 5. The van der Waals surface area contributed by atoms with E-state index in [-0.39, 0.29) is 11.7 Å². The molecule has 0 aliphatic rings. The number of benzene rings is 1. The van der Waals surface area contributed by atoms with Gasteiger partial charge in [-0.2, -0.15) is 0 Å². The maximum atomic E-state index is 12.3. The third-order valence-electron chi connectivity index (χ3n) is 4.04. The highest BCUT2D eigenvalue weighted by atomic mass is 32.2. The van der Waals surface area contributed by atoms with Gasteiger partial charge >= 0.3 is 0 Å². The summed E-state index contributed by atoms with van der Waals surface area (Å²) in [7, 11) is 3.39. The van der Waals surface area contributed by atoms with E-state index < -0.39 is 0 Å². The van der Waals surface area contributed by atoms with Gasteiger partial charge in [0.15, 0.2) is 11.0 Å². The van der Waals surface area contributed by atoms with E-state index in [1.165, 1.54) is 11.8 Å². The van der Waals surface area contributed by atoms with Crippen molar-refractivity contribution in [2.75, 3.05) is 24.8 Å². The number of nitrogens with zero attached hydrogens (tertiary/aromatic N) is 5. The van der Waals surface area contributed by atoms with Crippen LogP contribution in [0.2, 0.25) is 0 Å². The molecule has 0 saturated heterocycles. The number of amides is 1. The van der Waals surface area contributed by atoms with Crippen molar-refractivity contribution in [2.45, 2.75) is 25.5 Å². The van der Waals surface area contributed by atoms with Gasteiger partial charge in [0, 0.05) is 25.5 Å². The summed E-state index contributed by atoms with van der Waals surface area (Å²) in [5, 5.41) is 16.3. The van der Waals surface area contributed by atoms with Crippen LogP contribution >= 0.6 is 11.8 Å². The zero-order valence-electron chi connectivity index (χ0n) is 16.9. The molecule has 1 N–H and O–H groups in total. The van der Waals surface area contributed by atoms with Crippen molar-refractivity contribution in [3.63, 3.8) is 0 Å². The maximum absolute atomic E-state index is 12.3. The molecular formula is C19H24N6O3S. The van der Waals surface area contributed by atoms with Crippen molar-refractivity contribution in [3.05, 3.63) is 30.5 Å². The van der Waals surface area contributed by atoms with Crippen LogP contribution in [-0.4, -0.2) is 49.9 Å². The van der Waals surface area contributed by atoms with E-state index in [4.69, 9.17) is 9.47 Å². The molecule has 0 unspecified atom stereocenters. The van der Waals surface area contributed by atoms with Crippen LogP contribution in [0.15, 0.2) is 35.6 Å². The second-order valence-electron chi connectivity index (χ2n) is 6.07. The second-order valence-corrected chi connectivity index (χ2v) is 7.01. The Balaban J connectivity index is 1.66. The molecule has 10 heteroatoms. The van der Waals surface area contributed by atoms with Crippen molar-refractivity contribution in [1.82, 2.24) is 24.5 Å². The summed E-state index contributed by atoms with van der Waals surface area (Å²) < 4.78 is 14.3. The number of ether oxygens (including phenoxy) is 2. The standard InChI is InChI=1S/C19H24N6O3S/c1-5-25-17(15-11-24(3)23-18(15)27-4)21-22-19(25)29-12-16(26)20-13-7-9-14(10-8-13)28-6-2/h7-11H,5-6,12H2,1-4H3,(H,20,26). The van der Waals surface area contributed by atoms with Crippen LogP contribution in [0.25, 0.3) is 11.4 Å². The van der Waals surface area contributed by atoms with Crippen LogP contribution in [0.5, 0.6) is 11.6 Å². The summed E-state index contributed by atoms with van der Waals surface area (Å²) in [6.45, 7) is 5.19. The number of rotatable bonds is 9. The maximum Gasteiger partial charge on any atom is 0.243 e. The van der Waals surface area contributed by atoms with Crippen LogP contribution in [0.1, 0.15) is 13.8 Å². The van der Waals surface area contributed by atoms with Crippen molar-refractivity contribution < 1.29 is 14.3 Å². The first kappa shape index (κ1) is 20.7. The Morgan fingerprint density at radius 3 is 2.62 bits per heavy atom. The molecule has 1 aromatic carbocycles. The minimum Gasteiger partial charge on any atom is -0.494 e. The Kier molecular flexibility index (Phi) is 6.76. The molecule has 0 bridgehead atoms. The monoisotopic (exact) mass is 416 g/mol. The van der Waals surface area contributed by atoms with E-state index in [0.29, 0.717) is 30.0 Å². The number of aryl methyl sites for hydroxylation is 1. The molecular weight excluding hydrogens is 392 g/mol. The zero-order valence-corrected chi connectivity index (χ0v) is 17.7. The van der Waals surface area contributed by atoms with Gasteiger partial charge in [0.25, 0.3) is 0 Å². The zero-order chi connectivity index (χ0) is 20.8.